The van der Waals surface area contributed by atoms with Crippen molar-refractivity contribution in [2.45, 2.75) is 116 Å². The summed E-state index contributed by atoms with van der Waals surface area (Å²) in [4.78, 5) is 9.99. The van der Waals surface area contributed by atoms with Gasteiger partial charge >= 0.3 is 7.82 Å². The molecule has 0 spiro atoms. The third-order valence-corrected chi connectivity index (χ3v) is 6.71. The maximum Gasteiger partial charge on any atom is 0.472 e. The zero-order valence-electron chi connectivity index (χ0n) is 25.8. The van der Waals surface area contributed by atoms with Gasteiger partial charge in [0.2, 0.25) is 0 Å². The Morgan fingerprint density at radius 1 is 0.763 bits per heavy atom. The molecule has 0 saturated carbocycles. The van der Waals surface area contributed by atoms with E-state index in [0.717, 1.165) is 25.7 Å². The van der Waals surface area contributed by atoms with E-state index >= 15 is 0 Å². The smallest absolute Gasteiger partial charge is 0.379 e. The summed E-state index contributed by atoms with van der Waals surface area (Å²) in [5, 5.41) is 0. The van der Waals surface area contributed by atoms with Gasteiger partial charge in [-0.3, -0.25) is 9.05 Å². The molecule has 0 saturated heterocycles. The van der Waals surface area contributed by atoms with Crippen LogP contribution in [0.25, 0.3) is 0 Å². The molecule has 0 aliphatic carbocycles. The SMILES string of the molecule is CCCCC/C=C\CCCC/C=C\CCCCCOC[C@H](COP(=O)(O)OCC[N+](C)(C)C)OC(C)(C)C. The van der Waals surface area contributed by atoms with Crippen molar-refractivity contribution in [3.05, 3.63) is 24.3 Å². The number of ether oxygens (including phenoxy) is 2. The van der Waals surface area contributed by atoms with Crippen molar-refractivity contribution in [3.63, 3.8) is 0 Å². The van der Waals surface area contributed by atoms with E-state index in [1.165, 1.54) is 51.4 Å². The fourth-order valence-electron chi connectivity index (χ4n) is 3.63. The number of rotatable bonds is 25. The van der Waals surface area contributed by atoms with Crippen LogP contribution in [0.5, 0.6) is 0 Å². The zero-order chi connectivity index (χ0) is 28.8. The standard InChI is InChI=1S/C30H60NO6P/c1-8-9-10-11-12-13-14-15-16-17-18-19-20-21-22-23-25-34-27-29(37-30(2,3)4)28-36-38(32,33)35-26-24-31(5,6)7/h12-13,18-19,29H,8-11,14-17,20-28H2,1-7H3/p+1/b13-12-,19-18-/t29-/m1/s1. The highest BCUT2D eigenvalue weighted by molar-refractivity contribution is 7.47. The summed E-state index contributed by atoms with van der Waals surface area (Å²) in [6, 6.07) is 0. The van der Waals surface area contributed by atoms with Gasteiger partial charge in [-0.25, -0.2) is 4.57 Å². The van der Waals surface area contributed by atoms with Gasteiger partial charge in [0.1, 0.15) is 19.3 Å². The number of unbranched alkanes of at least 4 members (excludes halogenated alkanes) is 9. The Labute approximate surface area is 235 Å². The first-order chi connectivity index (χ1) is 17.8. The Hall–Kier alpha value is -0.530. The van der Waals surface area contributed by atoms with Crippen molar-refractivity contribution in [3.8, 4) is 0 Å². The minimum absolute atomic E-state index is 0.0601. The van der Waals surface area contributed by atoms with Crippen molar-refractivity contribution in [1.29, 1.82) is 0 Å². The first kappa shape index (κ1) is 37.5. The molecule has 38 heavy (non-hydrogen) atoms. The Kier molecular flexibility index (Phi) is 21.9. The molecule has 226 valence electrons. The lowest BCUT2D eigenvalue weighted by Crippen LogP contribution is -2.37. The van der Waals surface area contributed by atoms with E-state index in [1.54, 1.807) is 0 Å². The van der Waals surface area contributed by atoms with Crippen molar-refractivity contribution in [1.82, 2.24) is 0 Å². The molecule has 7 nitrogen and oxygen atoms in total. The van der Waals surface area contributed by atoms with E-state index < -0.39 is 19.5 Å². The third kappa shape index (κ3) is 28.5. The van der Waals surface area contributed by atoms with Gasteiger partial charge in [-0.15, -0.1) is 0 Å². The van der Waals surface area contributed by atoms with Crippen molar-refractivity contribution >= 4 is 7.82 Å². The predicted octanol–water partition coefficient (Wildman–Crippen LogP) is 7.84. The minimum Gasteiger partial charge on any atom is -0.379 e. The van der Waals surface area contributed by atoms with Gasteiger partial charge in [0, 0.05) is 6.61 Å². The number of phosphoric acid groups is 1. The molecule has 1 N–H and O–H groups in total. The molecule has 0 aromatic rings. The van der Waals surface area contributed by atoms with Gasteiger partial charge < -0.3 is 18.9 Å². The number of allylic oxidation sites excluding steroid dienone is 4. The maximum atomic E-state index is 12.2. The summed E-state index contributed by atoms with van der Waals surface area (Å²) in [6.45, 7) is 9.70. The maximum absolute atomic E-state index is 12.2. The Bertz CT molecular complexity index is 654. The Morgan fingerprint density at radius 3 is 1.79 bits per heavy atom. The number of likely N-dealkylation sites (N-methyl/N-ethyl adjacent to an activating group) is 1. The van der Waals surface area contributed by atoms with Crippen molar-refractivity contribution in [2.24, 2.45) is 0 Å². The van der Waals surface area contributed by atoms with Gasteiger partial charge in [0.25, 0.3) is 0 Å². The van der Waals surface area contributed by atoms with E-state index in [4.69, 9.17) is 18.5 Å². The molecular formula is C30H61NO6P+. The monoisotopic (exact) mass is 562 g/mol. The van der Waals surface area contributed by atoms with Crippen LogP contribution < -0.4 is 0 Å². The molecule has 1 unspecified atom stereocenters. The summed E-state index contributed by atoms with van der Waals surface area (Å²) in [5.74, 6) is 0. The summed E-state index contributed by atoms with van der Waals surface area (Å²) < 4.78 is 34.9. The molecule has 0 bridgehead atoms. The lowest BCUT2D eigenvalue weighted by Gasteiger charge is -2.28. The highest BCUT2D eigenvalue weighted by Crippen LogP contribution is 2.43. The second-order valence-electron chi connectivity index (χ2n) is 12.1. The minimum atomic E-state index is -4.13. The quantitative estimate of drug-likeness (QED) is 0.0529. The molecule has 8 heteroatoms. The largest absolute Gasteiger partial charge is 0.472 e. The van der Waals surface area contributed by atoms with Gasteiger partial charge in [0.05, 0.1) is 40.0 Å². The number of hydrogen-bond acceptors (Lipinski definition) is 5. The first-order valence-electron chi connectivity index (χ1n) is 14.8. The van der Waals surface area contributed by atoms with Crippen LogP contribution in [0.15, 0.2) is 24.3 Å². The van der Waals surface area contributed by atoms with Crippen LogP contribution in [0.1, 0.15) is 105 Å². The van der Waals surface area contributed by atoms with E-state index in [-0.39, 0.29) is 13.2 Å². The average molecular weight is 563 g/mol. The normalized spacial score (nSPS) is 15.5. The fraction of sp³-hybridized carbons (Fsp3) is 0.867. The molecule has 0 aromatic carbocycles. The van der Waals surface area contributed by atoms with Crippen LogP contribution in [0.3, 0.4) is 0 Å². The van der Waals surface area contributed by atoms with Gasteiger partial charge in [0.15, 0.2) is 0 Å². The van der Waals surface area contributed by atoms with Crippen LogP contribution in [-0.2, 0) is 23.1 Å². The van der Waals surface area contributed by atoms with E-state index in [2.05, 4.69) is 31.2 Å². The Morgan fingerprint density at radius 2 is 1.29 bits per heavy atom. The van der Waals surface area contributed by atoms with Crippen molar-refractivity contribution < 1.29 is 32.5 Å². The first-order valence-corrected chi connectivity index (χ1v) is 16.3. The number of hydrogen-bond donors (Lipinski definition) is 1. The lowest BCUT2D eigenvalue weighted by molar-refractivity contribution is -0.870. The number of phosphoric ester groups is 1. The molecule has 0 amide bonds. The van der Waals surface area contributed by atoms with Crippen molar-refractivity contribution in [2.75, 3.05) is 54.1 Å². The van der Waals surface area contributed by atoms with E-state index in [1.807, 2.05) is 41.9 Å². The summed E-state index contributed by atoms with van der Waals surface area (Å²) in [5.41, 5.74) is -0.418. The highest BCUT2D eigenvalue weighted by Gasteiger charge is 2.27. The highest BCUT2D eigenvalue weighted by atomic mass is 31.2. The molecule has 0 aliphatic rings. The Balaban J connectivity index is 3.95. The molecule has 0 aromatic heterocycles. The third-order valence-electron chi connectivity index (χ3n) is 5.72. The molecule has 0 fully saturated rings. The molecule has 0 rings (SSSR count). The summed E-state index contributed by atoms with van der Waals surface area (Å²) in [6.07, 6.45) is 23.3. The van der Waals surface area contributed by atoms with Crippen LogP contribution in [-0.4, -0.2) is 75.2 Å². The number of nitrogens with zero attached hydrogens (tertiary/aromatic N) is 1. The van der Waals surface area contributed by atoms with Crippen LogP contribution in [0.4, 0.5) is 0 Å². The molecule has 0 aliphatic heterocycles. The second-order valence-corrected chi connectivity index (χ2v) is 13.6. The van der Waals surface area contributed by atoms with Crippen LogP contribution >= 0.6 is 7.82 Å². The molecule has 0 heterocycles. The van der Waals surface area contributed by atoms with Gasteiger partial charge in [-0.1, -0.05) is 50.5 Å². The second kappa shape index (κ2) is 22.2. The summed E-state index contributed by atoms with van der Waals surface area (Å²) >= 11 is 0. The number of quaternary nitrogens is 1. The topological polar surface area (TPSA) is 74.2 Å². The van der Waals surface area contributed by atoms with Gasteiger partial charge in [-0.2, -0.15) is 0 Å². The summed E-state index contributed by atoms with van der Waals surface area (Å²) in [7, 11) is 1.84. The lowest BCUT2D eigenvalue weighted by atomic mass is 10.1. The van der Waals surface area contributed by atoms with E-state index in [9.17, 15) is 9.46 Å². The van der Waals surface area contributed by atoms with Crippen LogP contribution in [0.2, 0.25) is 0 Å². The average Bonchev–Trinajstić information content (AvgIpc) is 2.80. The molecule has 0 radical (unpaired) electrons. The fourth-order valence-corrected chi connectivity index (χ4v) is 4.37. The molecule has 2 atom stereocenters. The van der Waals surface area contributed by atoms with E-state index in [0.29, 0.717) is 24.2 Å². The van der Waals surface area contributed by atoms with Gasteiger partial charge in [-0.05, 0) is 78.6 Å². The predicted molar refractivity (Wildman–Crippen MR) is 159 cm³/mol. The zero-order valence-corrected chi connectivity index (χ0v) is 26.7. The van der Waals surface area contributed by atoms with Crippen LogP contribution in [0, 0.1) is 0 Å². The molecular weight excluding hydrogens is 501 g/mol.